The number of aliphatic carboxylic acids is 1. The third-order valence-electron chi connectivity index (χ3n) is 3.68. The minimum absolute atomic E-state index is 0.0281. The molecular weight excluding hydrogens is 260 g/mol. The maximum Gasteiger partial charge on any atom is 0.321 e. The molecule has 20 heavy (non-hydrogen) atoms. The number of benzene rings is 1. The van der Waals surface area contributed by atoms with Gasteiger partial charge in [0.05, 0.1) is 0 Å². The Kier molecular flexibility index (Phi) is 3.61. The van der Waals surface area contributed by atoms with Crippen molar-refractivity contribution in [3.63, 3.8) is 0 Å². The van der Waals surface area contributed by atoms with Crippen molar-refractivity contribution in [2.45, 2.75) is 25.9 Å². The van der Waals surface area contributed by atoms with Gasteiger partial charge in [0.15, 0.2) is 11.7 Å². The number of carbonyl (C=O) groups is 3. The number of hydrogen-bond acceptors (Lipinski definition) is 4. The van der Waals surface area contributed by atoms with Crippen LogP contribution in [0.2, 0.25) is 0 Å². The fraction of sp³-hybridized carbons (Fsp3) is 0.400. The Hall–Kier alpha value is -2.17. The van der Waals surface area contributed by atoms with E-state index < -0.39 is 29.4 Å². The van der Waals surface area contributed by atoms with Gasteiger partial charge in [-0.15, -0.1) is 0 Å². The van der Waals surface area contributed by atoms with Crippen LogP contribution in [-0.2, 0) is 14.3 Å². The second-order valence-electron chi connectivity index (χ2n) is 5.44. The van der Waals surface area contributed by atoms with E-state index in [0.29, 0.717) is 5.56 Å². The molecule has 0 aromatic heterocycles. The van der Waals surface area contributed by atoms with Crippen molar-refractivity contribution in [3.05, 3.63) is 35.9 Å². The van der Waals surface area contributed by atoms with E-state index >= 15 is 0 Å². The predicted octanol–water partition coefficient (Wildman–Crippen LogP) is 1.91. The van der Waals surface area contributed by atoms with E-state index in [4.69, 9.17) is 9.84 Å². The Labute approximate surface area is 116 Å². The number of esters is 1. The molecule has 2 unspecified atom stereocenters. The number of ether oxygens (including phenoxy) is 1. The van der Waals surface area contributed by atoms with Crippen LogP contribution in [0, 0.1) is 11.8 Å². The predicted molar refractivity (Wildman–Crippen MR) is 70.2 cm³/mol. The summed E-state index contributed by atoms with van der Waals surface area (Å²) in [6.07, 6.45) is -0.0281. The van der Waals surface area contributed by atoms with E-state index in [1.54, 1.807) is 44.2 Å². The summed E-state index contributed by atoms with van der Waals surface area (Å²) < 4.78 is 5.10. The number of Topliss-reactive ketones (excluding diaryl/α,β-unsaturated/α-hetero) is 1. The number of carboxylic acid groups (broad SMARTS) is 1. The van der Waals surface area contributed by atoms with Gasteiger partial charge in [-0.3, -0.25) is 14.4 Å². The van der Waals surface area contributed by atoms with E-state index in [-0.39, 0.29) is 12.2 Å². The van der Waals surface area contributed by atoms with Crippen molar-refractivity contribution in [1.82, 2.24) is 0 Å². The van der Waals surface area contributed by atoms with Crippen LogP contribution in [0.3, 0.4) is 0 Å². The van der Waals surface area contributed by atoms with Gasteiger partial charge in [-0.2, -0.15) is 0 Å². The van der Waals surface area contributed by atoms with E-state index in [1.807, 2.05) is 0 Å². The lowest BCUT2D eigenvalue weighted by atomic mass is 9.79. The number of rotatable bonds is 4. The standard InChI is InChI=1S/C15H16O5/c1-15(2)10(12(13(17)18)14(19)20-15)8-11(16)9-6-4-3-5-7-9/h3-7,10,12H,8H2,1-2H3,(H,17,18). The zero-order chi connectivity index (χ0) is 14.9. The molecule has 0 saturated carbocycles. The van der Waals surface area contributed by atoms with E-state index in [1.165, 1.54) is 0 Å². The van der Waals surface area contributed by atoms with Crippen LogP contribution in [0.25, 0.3) is 0 Å². The largest absolute Gasteiger partial charge is 0.481 e. The van der Waals surface area contributed by atoms with Gasteiger partial charge in [0.1, 0.15) is 5.60 Å². The Balaban J connectivity index is 2.24. The Bertz CT molecular complexity index is 547. The molecule has 0 spiro atoms. The molecule has 1 heterocycles. The minimum atomic E-state index is -1.28. The third-order valence-corrected chi connectivity index (χ3v) is 3.68. The maximum absolute atomic E-state index is 12.2. The Morgan fingerprint density at radius 1 is 1.25 bits per heavy atom. The van der Waals surface area contributed by atoms with Crippen LogP contribution in [0.4, 0.5) is 0 Å². The normalized spacial score (nSPS) is 24.2. The SMILES string of the molecule is CC1(C)OC(=O)C(C(=O)O)C1CC(=O)c1ccccc1. The molecule has 0 radical (unpaired) electrons. The maximum atomic E-state index is 12.2. The zero-order valence-electron chi connectivity index (χ0n) is 11.3. The van der Waals surface area contributed by atoms with Gasteiger partial charge in [-0.05, 0) is 13.8 Å². The molecule has 1 aromatic rings. The number of carbonyl (C=O) groups excluding carboxylic acids is 2. The van der Waals surface area contributed by atoms with Gasteiger partial charge in [0, 0.05) is 17.9 Å². The van der Waals surface area contributed by atoms with Crippen molar-refractivity contribution in [1.29, 1.82) is 0 Å². The Morgan fingerprint density at radius 2 is 1.85 bits per heavy atom. The molecule has 0 aliphatic carbocycles. The highest BCUT2D eigenvalue weighted by atomic mass is 16.6. The monoisotopic (exact) mass is 276 g/mol. The summed E-state index contributed by atoms with van der Waals surface area (Å²) in [5, 5.41) is 9.16. The van der Waals surface area contributed by atoms with Crippen LogP contribution >= 0.6 is 0 Å². The topological polar surface area (TPSA) is 80.7 Å². The van der Waals surface area contributed by atoms with Crippen molar-refractivity contribution in [2.24, 2.45) is 11.8 Å². The fourth-order valence-corrected chi connectivity index (χ4v) is 2.54. The van der Waals surface area contributed by atoms with Crippen LogP contribution in [0.1, 0.15) is 30.6 Å². The summed E-state index contributed by atoms with van der Waals surface area (Å²) in [6.45, 7) is 3.27. The van der Waals surface area contributed by atoms with Crippen molar-refractivity contribution in [3.8, 4) is 0 Å². The molecule has 1 saturated heterocycles. The minimum Gasteiger partial charge on any atom is -0.481 e. The highest BCUT2D eigenvalue weighted by Gasteiger charge is 2.54. The second-order valence-corrected chi connectivity index (χ2v) is 5.44. The Morgan fingerprint density at radius 3 is 2.40 bits per heavy atom. The molecule has 5 heteroatoms. The average Bonchev–Trinajstić information content (AvgIpc) is 2.60. The molecule has 2 rings (SSSR count). The number of cyclic esters (lactones) is 1. The van der Waals surface area contributed by atoms with Gasteiger partial charge in [0.25, 0.3) is 0 Å². The van der Waals surface area contributed by atoms with Gasteiger partial charge < -0.3 is 9.84 Å². The van der Waals surface area contributed by atoms with Crippen molar-refractivity contribution >= 4 is 17.7 Å². The van der Waals surface area contributed by atoms with Crippen LogP contribution in [0.5, 0.6) is 0 Å². The number of carboxylic acids is 1. The molecule has 1 aliphatic heterocycles. The van der Waals surface area contributed by atoms with Crippen LogP contribution < -0.4 is 0 Å². The molecule has 1 fully saturated rings. The molecule has 2 atom stereocenters. The summed E-state index contributed by atoms with van der Waals surface area (Å²) in [4.78, 5) is 35.1. The summed E-state index contributed by atoms with van der Waals surface area (Å²) in [5.74, 6) is -4.15. The molecular formula is C15H16O5. The molecule has 0 bridgehead atoms. The lowest BCUT2D eigenvalue weighted by Crippen LogP contribution is -2.34. The van der Waals surface area contributed by atoms with Gasteiger partial charge >= 0.3 is 11.9 Å². The number of ketones is 1. The third kappa shape index (κ3) is 2.57. The first kappa shape index (κ1) is 14.2. The molecule has 1 aromatic carbocycles. The molecule has 0 amide bonds. The lowest BCUT2D eigenvalue weighted by Gasteiger charge is -2.25. The second kappa shape index (κ2) is 5.07. The number of hydrogen-bond donors (Lipinski definition) is 1. The molecule has 5 nitrogen and oxygen atoms in total. The molecule has 1 N–H and O–H groups in total. The zero-order valence-corrected chi connectivity index (χ0v) is 11.3. The lowest BCUT2D eigenvalue weighted by molar-refractivity contribution is -0.154. The van der Waals surface area contributed by atoms with Gasteiger partial charge in [-0.1, -0.05) is 30.3 Å². The smallest absolute Gasteiger partial charge is 0.321 e. The first-order valence-corrected chi connectivity index (χ1v) is 6.37. The van der Waals surface area contributed by atoms with E-state index in [2.05, 4.69) is 0 Å². The van der Waals surface area contributed by atoms with E-state index in [9.17, 15) is 14.4 Å². The van der Waals surface area contributed by atoms with Gasteiger partial charge in [-0.25, -0.2) is 0 Å². The summed E-state index contributed by atoms with van der Waals surface area (Å²) in [7, 11) is 0. The summed E-state index contributed by atoms with van der Waals surface area (Å²) >= 11 is 0. The fourth-order valence-electron chi connectivity index (χ4n) is 2.54. The highest BCUT2D eigenvalue weighted by molar-refractivity contribution is 6.00. The molecule has 106 valence electrons. The van der Waals surface area contributed by atoms with Crippen LogP contribution in [0.15, 0.2) is 30.3 Å². The average molecular weight is 276 g/mol. The quantitative estimate of drug-likeness (QED) is 0.516. The van der Waals surface area contributed by atoms with Crippen LogP contribution in [-0.4, -0.2) is 28.4 Å². The summed E-state index contributed by atoms with van der Waals surface area (Å²) in [5.41, 5.74) is -0.448. The highest BCUT2D eigenvalue weighted by Crippen LogP contribution is 2.40. The first-order chi connectivity index (χ1) is 9.33. The van der Waals surface area contributed by atoms with Gasteiger partial charge in [0.2, 0.25) is 0 Å². The molecule has 1 aliphatic rings. The van der Waals surface area contributed by atoms with Crippen molar-refractivity contribution in [2.75, 3.05) is 0 Å². The summed E-state index contributed by atoms with van der Waals surface area (Å²) in [6, 6.07) is 8.61. The van der Waals surface area contributed by atoms with E-state index in [0.717, 1.165) is 0 Å². The van der Waals surface area contributed by atoms with Crippen molar-refractivity contribution < 1.29 is 24.2 Å². The first-order valence-electron chi connectivity index (χ1n) is 6.37.